The van der Waals surface area contributed by atoms with Gasteiger partial charge < -0.3 is 14.8 Å². The van der Waals surface area contributed by atoms with E-state index < -0.39 is 5.91 Å². The van der Waals surface area contributed by atoms with Crippen LogP contribution in [0.4, 0.5) is 4.39 Å². The molecule has 0 spiro atoms. The predicted octanol–water partition coefficient (Wildman–Crippen LogP) is 5.83. The smallest absolute Gasteiger partial charge is 0.261 e. The van der Waals surface area contributed by atoms with E-state index in [-0.39, 0.29) is 18.0 Å². The minimum absolute atomic E-state index is 0.0195. The first-order valence-electron chi connectivity index (χ1n) is 10.7. The topological polar surface area (TPSA) is 71.3 Å². The second-order valence-corrected chi connectivity index (χ2v) is 8.28. The van der Waals surface area contributed by atoms with Gasteiger partial charge in [-0.1, -0.05) is 48.5 Å². The zero-order valence-corrected chi connectivity index (χ0v) is 20.3. The molecular weight excluding hydrogens is 499 g/mol. The number of ether oxygens (including phenoxy) is 2. The van der Waals surface area contributed by atoms with E-state index in [2.05, 4.69) is 21.2 Å². The summed E-state index contributed by atoms with van der Waals surface area (Å²) in [5.41, 5.74) is 2.17. The number of carbonyl (C=O) groups is 1. The number of nitriles is 1. The van der Waals surface area contributed by atoms with Crippen LogP contribution < -0.4 is 14.8 Å². The highest BCUT2D eigenvalue weighted by Crippen LogP contribution is 2.38. The maximum absolute atomic E-state index is 13.9. The van der Waals surface area contributed by atoms with E-state index in [0.29, 0.717) is 33.6 Å². The van der Waals surface area contributed by atoms with E-state index in [0.717, 1.165) is 12.8 Å². The van der Waals surface area contributed by atoms with E-state index in [1.54, 1.807) is 30.3 Å². The van der Waals surface area contributed by atoms with Gasteiger partial charge in [-0.3, -0.25) is 4.79 Å². The normalized spacial score (nSPS) is 10.9. The summed E-state index contributed by atoms with van der Waals surface area (Å²) in [5.74, 6) is -0.0135. The molecule has 1 N–H and O–H groups in total. The number of hydrogen-bond donors (Lipinski definition) is 1. The monoisotopic (exact) mass is 522 g/mol. The van der Waals surface area contributed by atoms with Crippen molar-refractivity contribution in [3.8, 4) is 17.6 Å². The molecule has 0 saturated heterocycles. The summed E-state index contributed by atoms with van der Waals surface area (Å²) in [6.07, 6.45) is 3.09. The number of hydrogen-bond acceptors (Lipinski definition) is 4. The lowest BCUT2D eigenvalue weighted by Crippen LogP contribution is -2.25. The highest BCUT2D eigenvalue weighted by atomic mass is 79.9. The van der Waals surface area contributed by atoms with Gasteiger partial charge in [0.05, 0.1) is 11.6 Å². The van der Waals surface area contributed by atoms with Gasteiger partial charge in [-0.25, -0.2) is 4.39 Å². The van der Waals surface area contributed by atoms with Gasteiger partial charge in [0.15, 0.2) is 11.5 Å². The third kappa shape index (κ3) is 6.93. The lowest BCUT2D eigenvalue weighted by atomic mass is 10.1. The molecule has 0 aromatic heterocycles. The summed E-state index contributed by atoms with van der Waals surface area (Å²) < 4.78 is 25.7. The highest BCUT2D eigenvalue weighted by Gasteiger charge is 2.14. The maximum atomic E-state index is 13.9. The zero-order valence-electron chi connectivity index (χ0n) is 18.7. The fraction of sp³-hybridized carbons (Fsp3) is 0.185. The van der Waals surface area contributed by atoms with E-state index in [4.69, 9.17) is 9.47 Å². The summed E-state index contributed by atoms with van der Waals surface area (Å²) in [6.45, 7) is 0.480. The van der Waals surface area contributed by atoms with Gasteiger partial charge in [-0.2, -0.15) is 5.26 Å². The summed E-state index contributed by atoms with van der Waals surface area (Å²) in [7, 11) is 1.48. The molecule has 3 rings (SSSR count). The molecule has 0 unspecified atom stereocenters. The van der Waals surface area contributed by atoms with E-state index in [1.165, 1.54) is 24.8 Å². The van der Waals surface area contributed by atoms with Crippen molar-refractivity contribution < 1.29 is 18.7 Å². The van der Waals surface area contributed by atoms with Gasteiger partial charge in [-0.05, 0) is 64.2 Å². The molecule has 0 saturated carbocycles. The first-order valence-corrected chi connectivity index (χ1v) is 11.5. The molecular formula is C27H24BrFN2O3. The summed E-state index contributed by atoms with van der Waals surface area (Å²) in [5, 5.41) is 12.3. The van der Waals surface area contributed by atoms with Crippen LogP contribution in [0.5, 0.6) is 11.5 Å². The Bertz CT molecular complexity index is 1210. The molecule has 3 aromatic carbocycles. The van der Waals surface area contributed by atoms with Gasteiger partial charge in [0.1, 0.15) is 24.1 Å². The van der Waals surface area contributed by atoms with Crippen molar-refractivity contribution >= 4 is 27.9 Å². The number of methoxy groups -OCH3 is 1. The average Bonchev–Trinajstić information content (AvgIpc) is 2.85. The third-order valence-corrected chi connectivity index (χ3v) is 5.62. The molecule has 34 heavy (non-hydrogen) atoms. The number of rotatable bonds is 10. The zero-order chi connectivity index (χ0) is 24.3. The molecule has 0 heterocycles. The summed E-state index contributed by atoms with van der Waals surface area (Å²) in [6, 6.07) is 21.7. The Balaban J connectivity index is 1.66. The molecule has 3 aromatic rings. The van der Waals surface area contributed by atoms with Crippen LogP contribution in [-0.4, -0.2) is 19.6 Å². The van der Waals surface area contributed by atoms with Crippen LogP contribution >= 0.6 is 15.9 Å². The largest absolute Gasteiger partial charge is 0.493 e. The van der Waals surface area contributed by atoms with Crippen LogP contribution in [-0.2, 0) is 17.8 Å². The van der Waals surface area contributed by atoms with Crippen LogP contribution in [0.15, 0.2) is 76.8 Å². The Morgan fingerprint density at radius 3 is 2.59 bits per heavy atom. The number of nitrogens with zero attached hydrogens (tertiary/aromatic N) is 1. The minimum Gasteiger partial charge on any atom is -0.493 e. The number of amides is 1. The van der Waals surface area contributed by atoms with Crippen LogP contribution in [0.2, 0.25) is 0 Å². The lowest BCUT2D eigenvalue weighted by molar-refractivity contribution is -0.117. The van der Waals surface area contributed by atoms with Crippen LogP contribution in [0.25, 0.3) is 6.08 Å². The van der Waals surface area contributed by atoms with Crippen LogP contribution in [0, 0.1) is 17.1 Å². The van der Waals surface area contributed by atoms with Crippen LogP contribution in [0.3, 0.4) is 0 Å². The van der Waals surface area contributed by atoms with Crippen molar-refractivity contribution in [2.24, 2.45) is 0 Å². The fourth-order valence-corrected chi connectivity index (χ4v) is 3.85. The molecule has 0 aliphatic heterocycles. The third-order valence-electron chi connectivity index (χ3n) is 5.03. The number of nitrogens with one attached hydrogen (secondary N) is 1. The van der Waals surface area contributed by atoms with Gasteiger partial charge in [0, 0.05) is 12.1 Å². The van der Waals surface area contributed by atoms with Crippen molar-refractivity contribution in [2.75, 3.05) is 13.7 Å². The molecule has 0 bridgehead atoms. The molecule has 0 fully saturated rings. The minimum atomic E-state index is -0.439. The van der Waals surface area contributed by atoms with Crippen molar-refractivity contribution in [1.82, 2.24) is 5.32 Å². The van der Waals surface area contributed by atoms with Crippen molar-refractivity contribution in [2.45, 2.75) is 19.4 Å². The van der Waals surface area contributed by atoms with Crippen LogP contribution in [0.1, 0.15) is 23.1 Å². The van der Waals surface area contributed by atoms with Gasteiger partial charge in [0.25, 0.3) is 5.91 Å². The standard InChI is InChI=1S/C27H24BrFN2O3/c1-33-25-16-20(15-23(28)26(25)34-18-21-11-5-6-12-24(21)29)14-22(17-30)27(32)31-13-7-10-19-8-3-2-4-9-19/h2-6,8-9,11-12,14-16H,7,10,13,18H2,1H3,(H,31,32)/b22-14-. The molecule has 7 heteroatoms. The van der Waals surface area contributed by atoms with Crippen molar-refractivity contribution in [3.63, 3.8) is 0 Å². The Kier molecular flexibility index (Phi) is 9.24. The second kappa shape index (κ2) is 12.6. The Morgan fingerprint density at radius 2 is 1.88 bits per heavy atom. The molecule has 0 atom stereocenters. The number of carbonyl (C=O) groups excluding carboxylic acids is 1. The first-order chi connectivity index (χ1) is 16.5. The van der Waals surface area contributed by atoms with E-state index >= 15 is 0 Å². The lowest BCUT2D eigenvalue weighted by Gasteiger charge is -2.14. The molecule has 0 aliphatic carbocycles. The average molecular weight is 523 g/mol. The number of benzene rings is 3. The highest BCUT2D eigenvalue weighted by molar-refractivity contribution is 9.10. The van der Waals surface area contributed by atoms with Crippen molar-refractivity contribution in [3.05, 3.63) is 99.3 Å². The Morgan fingerprint density at radius 1 is 1.15 bits per heavy atom. The second-order valence-electron chi connectivity index (χ2n) is 7.43. The Hall–Kier alpha value is -3.63. The summed E-state index contributed by atoms with van der Waals surface area (Å²) in [4.78, 5) is 12.5. The van der Waals surface area contributed by atoms with Gasteiger partial charge in [0.2, 0.25) is 0 Å². The quantitative estimate of drug-likeness (QED) is 0.206. The van der Waals surface area contributed by atoms with Gasteiger partial charge in [-0.15, -0.1) is 0 Å². The predicted molar refractivity (Wildman–Crippen MR) is 133 cm³/mol. The van der Waals surface area contributed by atoms with E-state index in [1.807, 2.05) is 36.4 Å². The number of aryl methyl sites for hydroxylation is 1. The summed E-state index contributed by atoms with van der Waals surface area (Å²) >= 11 is 3.44. The van der Waals surface area contributed by atoms with E-state index in [9.17, 15) is 14.4 Å². The first kappa shape index (κ1) is 25.0. The molecule has 0 aliphatic rings. The molecule has 1 amide bonds. The molecule has 0 radical (unpaired) electrons. The maximum Gasteiger partial charge on any atom is 0.261 e. The number of halogens is 2. The van der Waals surface area contributed by atoms with Crippen molar-refractivity contribution in [1.29, 1.82) is 5.26 Å². The molecule has 5 nitrogen and oxygen atoms in total. The SMILES string of the molecule is COc1cc(/C=C(/C#N)C(=O)NCCCc2ccccc2)cc(Br)c1OCc1ccccc1F. The Labute approximate surface area is 207 Å². The van der Waals surface area contributed by atoms with Gasteiger partial charge >= 0.3 is 0 Å². The molecule has 174 valence electrons. The fourth-order valence-electron chi connectivity index (χ4n) is 3.28.